The van der Waals surface area contributed by atoms with Gasteiger partial charge in [-0.1, -0.05) is 18.2 Å². The van der Waals surface area contributed by atoms with Crippen molar-refractivity contribution in [2.24, 2.45) is 0 Å². The number of morpholine rings is 1. The largest absolute Gasteiger partial charge is 0.507 e. The monoisotopic (exact) mass is 565 g/mol. The van der Waals surface area contributed by atoms with Crippen LogP contribution in [0.2, 0.25) is 0 Å². The van der Waals surface area contributed by atoms with Crippen LogP contribution in [-0.2, 0) is 14.3 Å². The molecular weight excluding hydrogens is 545 g/mol. The lowest BCUT2D eigenvalue weighted by atomic mass is 10.2. The molecule has 166 valence electrons. The van der Waals surface area contributed by atoms with Gasteiger partial charge in [0.2, 0.25) is 5.91 Å². The molecule has 10 heteroatoms. The van der Waals surface area contributed by atoms with E-state index in [1.807, 2.05) is 40.8 Å². The number of amides is 3. The fourth-order valence-corrected chi connectivity index (χ4v) is 4.77. The average molecular weight is 565 g/mol. The number of carbonyl (C=O) groups is 3. The molecule has 2 fully saturated rings. The first-order valence-electron chi connectivity index (χ1n) is 9.88. The van der Waals surface area contributed by atoms with E-state index < -0.39 is 17.1 Å². The molecule has 0 aromatic heterocycles. The molecule has 2 saturated heterocycles. The molecule has 2 N–H and O–H groups in total. The second-order valence-electron chi connectivity index (χ2n) is 7.14. The SMILES string of the molecule is O=C(CN1C(=O)S/C(=C\c2ccc(O)c(I)c2)C1=O)Nc1ccccc1N1CCOCC1. The number of thioether (sulfide) groups is 1. The smallest absolute Gasteiger partial charge is 0.294 e. The molecule has 0 bridgehead atoms. The van der Waals surface area contributed by atoms with Crippen LogP contribution in [-0.4, -0.2) is 59.9 Å². The molecule has 0 unspecified atom stereocenters. The number of phenols is 1. The predicted octanol–water partition coefficient (Wildman–Crippen LogP) is 3.51. The number of benzene rings is 2. The van der Waals surface area contributed by atoms with Crippen LogP contribution in [0.15, 0.2) is 47.4 Å². The molecule has 0 radical (unpaired) electrons. The number of imide groups is 1. The number of ether oxygens (including phenoxy) is 1. The molecule has 2 heterocycles. The lowest BCUT2D eigenvalue weighted by Gasteiger charge is -2.30. The first-order chi connectivity index (χ1) is 15.4. The standard InChI is InChI=1S/C22H20IN3O5S/c23-15-11-14(5-6-18(15)27)12-19-21(29)26(22(30)32-19)13-20(28)24-16-3-1-2-4-17(16)25-7-9-31-10-8-25/h1-6,11-12,27H,7-10,13H2,(H,24,28)/b19-12-. The van der Waals surface area contributed by atoms with Crippen molar-refractivity contribution in [3.8, 4) is 5.75 Å². The molecule has 32 heavy (non-hydrogen) atoms. The summed E-state index contributed by atoms with van der Waals surface area (Å²) in [4.78, 5) is 41.1. The quantitative estimate of drug-likeness (QED) is 0.423. The van der Waals surface area contributed by atoms with E-state index in [1.165, 1.54) is 6.07 Å². The van der Waals surface area contributed by atoms with Crippen LogP contribution in [0.3, 0.4) is 0 Å². The van der Waals surface area contributed by atoms with Gasteiger partial charge in [-0.2, -0.15) is 0 Å². The van der Waals surface area contributed by atoms with Crippen LogP contribution >= 0.6 is 34.4 Å². The average Bonchev–Trinajstić information content (AvgIpc) is 3.04. The highest BCUT2D eigenvalue weighted by molar-refractivity contribution is 14.1. The Labute approximate surface area is 202 Å². The molecule has 0 aliphatic carbocycles. The number of hydrogen-bond donors (Lipinski definition) is 2. The number of carbonyl (C=O) groups excluding carboxylic acids is 3. The van der Waals surface area contributed by atoms with Gasteiger partial charge >= 0.3 is 0 Å². The number of phenolic OH excluding ortho intramolecular Hbond substituents is 1. The molecule has 2 aliphatic rings. The number of para-hydroxylation sites is 2. The van der Waals surface area contributed by atoms with E-state index in [0.29, 0.717) is 28.0 Å². The number of rotatable bonds is 5. The Balaban J connectivity index is 1.45. The van der Waals surface area contributed by atoms with E-state index in [2.05, 4.69) is 10.2 Å². The van der Waals surface area contributed by atoms with Crippen LogP contribution < -0.4 is 10.2 Å². The molecule has 0 atom stereocenters. The van der Waals surface area contributed by atoms with Gasteiger partial charge in [0.05, 0.1) is 33.1 Å². The maximum Gasteiger partial charge on any atom is 0.294 e. The minimum absolute atomic E-state index is 0.143. The summed E-state index contributed by atoms with van der Waals surface area (Å²) in [6, 6.07) is 12.3. The van der Waals surface area contributed by atoms with Gasteiger partial charge < -0.3 is 20.1 Å². The van der Waals surface area contributed by atoms with Gasteiger partial charge in [-0.05, 0) is 70.3 Å². The van der Waals surface area contributed by atoms with Crippen molar-refractivity contribution in [3.63, 3.8) is 0 Å². The summed E-state index contributed by atoms with van der Waals surface area (Å²) >= 11 is 2.78. The molecule has 0 spiro atoms. The van der Waals surface area contributed by atoms with Gasteiger partial charge in [0, 0.05) is 13.1 Å². The summed E-state index contributed by atoms with van der Waals surface area (Å²) < 4.78 is 6.02. The zero-order valence-electron chi connectivity index (χ0n) is 16.9. The normalized spacial score (nSPS) is 17.8. The Hall–Kier alpha value is -2.57. The maximum atomic E-state index is 12.7. The van der Waals surface area contributed by atoms with Crippen LogP contribution in [0, 0.1) is 3.57 Å². The van der Waals surface area contributed by atoms with Gasteiger partial charge in [-0.15, -0.1) is 0 Å². The minimum Gasteiger partial charge on any atom is -0.507 e. The van der Waals surface area contributed by atoms with Gasteiger partial charge in [-0.3, -0.25) is 19.3 Å². The Morgan fingerprint density at radius 2 is 1.94 bits per heavy atom. The van der Waals surface area contributed by atoms with Crippen molar-refractivity contribution in [2.45, 2.75) is 0 Å². The maximum absolute atomic E-state index is 12.7. The number of nitrogens with zero attached hydrogens (tertiary/aromatic N) is 2. The lowest BCUT2D eigenvalue weighted by molar-refractivity contribution is -0.127. The zero-order chi connectivity index (χ0) is 22.7. The number of nitrogens with one attached hydrogen (secondary N) is 1. The van der Waals surface area contributed by atoms with E-state index in [0.717, 1.165) is 35.4 Å². The van der Waals surface area contributed by atoms with Crippen molar-refractivity contribution in [1.29, 1.82) is 0 Å². The predicted molar refractivity (Wildman–Crippen MR) is 132 cm³/mol. The topological polar surface area (TPSA) is 99.2 Å². The van der Waals surface area contributed by atoms with Gasteiger partial charge in [0.1, 0.15) is 12.3 Å². The van der Waals surface area contributed by atoms with E-state index in [9.17, 15) is 19.5 Å². The van der Waals surface area contributed by atoms with Crippen LogP contribution in [0.25, 0.3) is 6.08 Å². The fraction of sp³-hybridized carbons (Fsp3) is 0.227. The molecular formula is C22H20IN3O5S. The second-order valence-corrected chi connectivity index (χ2v) is 9.30. The Morgan fingerprint density at radius 1 is 1.19 bits per heavy atom. The molecule has 2 aliphatic heterocycles. The van der Waals surface area contributed by atoms with Crippen molar-refractivity contribution < 1.29 is 24.2 Å². The van der Waals surface area contributed by atoms with Crippen molar-refractivity contribution in [1.82, 2.24) is 4.90 Å². The summed E-state index contributed by atoms with van der Waals surface area (Å²) in [5, 5.41) is 12.0. The zero-order valence-corrected chi connectivity index (χ0v) is 19.9. The number of hydrogen-bond acceptors (Lipinski definition) is 7. The molecule has 8 nitrogen and oxygen atoms in total. The number of anilines is 2. The van der Waals surface area contributed by atoms with E-state index >= 15 is 0 Å². The third kappa shape index (κ3) is 5.08. The lowest BCUT2D eigenvalue weighted by Crippen LogP contribution is -2.38. The van der Waals surface area contributed by atoms with Crippen molar-refractivity contribution in [3.05, 3.63) is 56.5 Å². The molecule has 2 aromatic carbocycles. The Kier molecular flexibility index (Phi) is 7.01. The van der Waals surface area contributed by atoms with Crippen molar-refractivity contribution in [2.75, 3.05) is 43.1 Å². The van der Waals surface area contributed by atoms with E-state index in [1.54, 1.807) is 24.3 Å². The molecule has 3 amide bonds. The highest BCUT2D eigenvalue weighted by atomic mass is 127. The summed E-state index contributed by atoms with van der Waals surface area (Å²) in [5.41, 5.74) is 2.18. The summed E-state index contributed by atoms with van der Waals surface area (Å²) in [7, 11) is 0. The van der Waals surface area contributed by atoms with Gasteiger partial charge in [0.15, 0.2) is 0 Å². The van der Waals surface area contributed by atoms with Gasteiger partial charge in [-0.25, -0.2) is 0 Å². The summed E-state index contributed by atoms with van der Waals surface area (Å²) in [6.07, 6.45) is 1.58. The minimum atomic E-state index is -0.514. The summed E-state index contributed by atoms with van der Waals surface area (Å²) in [6.45, 7) is 2.30. The third-order valence-corrected chi connectivity index (χ3v) is 6.75. The number of aromatic hydroxyl groups is 1. The molecule has 0 saturated carbocycles. The number of halogens is 1. The first-order valence-corrected chi connectivity index (χ1v) is 11.8. The Bertz CT molecular complexity index is 1100. The second kappa shape index (κ2) is 9.92. The van der Waals surface area contributed by atoms with Crippen molar-refractivity contribution >= 4 is 68.9 Å². The van der Waals surface area contributed by atoms with Crippen LogP contribution in [0.4, 0.5) is 16.2 Å². The van der Waals surface area contributed by atoms with E-state index in [4.69, 9.17) is 4.74 Å². The van der Waals surface area contributed by atoms with E-state index in [-0.39, 0.29) is 17.2 Å². The molecule has 4 rings (SSSR count). The highest BCUT2D eigenvalue weighted by Crippen LogP contribution is 2.33. The van der Waals surface area contributed by atoms with Crippen LogP contribution in [0.1, 0.15) is 5.56 Å². The first kappa shape index (κ1) is 22.6. The highest BCUT2D eigenvalue weighted by Gasteiger charge is 2.36. The van der Waals surface area contributed by atoms with Crippen LogP contribution in [0.5, 0.6) is 5.75 Å². The fourth-order valence-electron chi connectivity index (χ4n) is 3.39. The molecule has 2 aromatic rings. The van der Waals surface area contributed by atoms with Gasteiger partial charge in [0.25, 0.3) is 11.1 Å². The Morgan fingerprint density at radius 3 is 2.69 bits per heavy atom. The third-order valence-electron chi connectivity index (χ3n) is 4.97. The summed E-state index contributed by atoms with van der Waals surface area (Å²) in [5.74, 6) is -0.821.